The number of carbonyl (C=O) groups is 2. The Hall–Kier alpha value is -2.50. The number of amides is 2. The predicted octanol–water partition coefficient (Wildman–Crippen LogP) is 3.12. The molecule has 1 fully saturated rings. The number of piperidine rings is 1. The van der Waals surface area contributed by atoms with Crippen molar-refractivity contribution in [1.29, 1.82) is 0 Å². The topological polar surface area (TPSA) is 59.1 Å². The lowest BCUT2D eigenvalue weighted by molar-refractivity contribution is -0.130. The third-order valence-electron chi connectivity index (χ3n) is 4.72. The van der Waals surface area contributed by atoms with Crippen LogP contribution < -0.4 is 9.47 Å². The highest BCUT2D eigenvalue weighted by molar-refractivity contribution is 5.95. The molecule has 148 valence electrons. The number of carbonyl (C=O) groups excluding carboxylic acids is 2. The average molecular weight is 374 g/mol. The molecule has 1 aliphatic heterocycles. The average Bonchev–Trinajstić information content (AvgIpc) is 2.66. The summed E-state index contributed by atoms with van der Waals surface area (Å²) < 4.78 is 11.5. The summed E-state index contributed by atoms with van der Waals surface area (Å²) in [5, 5.41) is 0. The molecule has 2 amide bonds. The molecule has 6 nitrogen and oxygen atoms in total. The third kappa shape index (κ3) is 5.49. The zero-order valence-corrected chi connectivity index (χ0v) is 16.8. The number of rotatable bonds is 7. The van der Waals surface area contributed by atoms with E-state index in [9.17, 15) is 9.59 Å². The zero-order chi connectivity index (χ0) is 20.0. The largest absolute Gasteiger partial charge is 0.493 e. The predicted molar refractivity (Wildman–Crippen MR) is 105 cm³/mol. The molecule has 1 heterocycles. The summed E-state index contributed by atoms with van der Waals surface area (Å²) in [5.41, 5.74) is 1.50. The summed E-state index contributed by atoms with van der Waals surface area (Å²) in [6.45, 7) is 11.9. The van der Waals surface area contributed by atoms with Gasteiger partial charge in [-0.25, -0.2) is 0 Å². The van der Waals surface area contributed by atoms with Crippen molar-refractivity contribution < 1.29 is 19.1 Å². The fourth-order valence-electron chi connectivity index (χ4n) is 3.20. The van der Waals surface area contributed by atoms with Crippen molar-refractivity contribution in [1.82, 2.24) is 9.80 Å². The molecule has 0 radical (unpaired) electrons. The maximum atomic E-state index is 12.7. The van der Waals surface area contributed by atoms with E-state index in [2.05, 4.69) is 6.58 Å². The molecule has 2 rings (SSSR count). The Kier molecular flexibility index (Phi) is 7.28. The van der Waals surface area contributed by atoms with E-state index in [1.54, 1.807) is 37.1 Å². The van der Waals surface area contributed by atoms with Crippen molar-refractivity contribution in [2.45, 2.75) is 39.7 Å². The minimum absolute atomic E-state index is 0.0339. The van der Waals surface area contributed by atoms with Crippen molar-refractivity contribution in [3.05, 3.63) is 35.9 Å². The standard InChI is InChI=1S/C21H30N2O4/c1-6-22(14-15(2)3)21(25)17-7-8-19(20(13-17)26-5)27-18-9-11-23(12-10-18)16(4)24/h7-8,13,18H,2,6,9-12,14H2,1,3-5H3. The Bertz CT molecular complexity index is 693. The molecule has 1 saturated heterocycles. The van der Waals surface area contributed by atoms with E-state index < -0.39 is 0 Å². The van der Waals surface area contributed by atoms with Crippen LogP contribution in [-0.4, -0.2) is 61.0 Å². The van der Waals surface area contributed by atoms with Gasteiger partial charge in [-0.1, -0.05) is 12.2 Å². The van der Waals surface area contributed by atoms with Crippen LogP contribution in [0, 0.1) is 0 Å². The van der Waals surface area contributed by atoms with Gasteiger partial charge in [0.2, 0.25) is 5.91 Å². The Morgan fingerprint density at radius 3 is 2.41 bits per heavy atom. The van der Waals surface area contributed by atoms with Gasteiger partial charge in [0.15, 0.2) is 11.5 Å². The number of benzene rings is 1. The van der Waals surface area contributed by atoms with E-state index in [-0.39, 0.29) is 17.9 Å². The molecule has 0 unspecified atom stereocenters. The quantitative estimate of drug-likeness (QED) is 0.688. The molecule has 0 aromatic heterocycles. The van der Waals surface area contributed by atoms with Gasteiger partial charge in [-0.15, -0.1) is 0 Å². The molecule has 0 bridgehead atoms. The monoisotopic (exact) mass is 374 g/mol. The molecule has 0 aliphatic carbocycles. The maximum Gasteiger partial charge on any atom is 0.254 e. The number of likely N-dealkylation sites (tertiary alicyclic amines) is 1. The molecule has 0 saturated carbocycles. The number of likely N-dealkylation sites (N-methyl/N-ethyl adjacent to an activating group) is 1. The van der Waals surface area contributed by atoms with E-state index in [4.69, 9.17) is 9.47 Å². The van der Waals surface area contributed by atoms with Crippen molar-refractivity contribution in [2.24, 2.45) is 0 Å². The van der Waals surface area contributed by atoms with Gasteiger partial charge in [-0.3, -0.25) is 9.59 Å². The summed E-state index contributed by atoms with van der Waals surface area (Å²) in [5.74, 6) is 1.21. The first-order chi connectivity index (χ1) is 12.8. The SMILES string of the molecule is C=C(C)CN(CC)C(=O)c1ccc(OC2CCN(C(C)=O)CC2)c(OC)c1. The van der Waals surface area contributed by atoms with Crippen molar-refractivity contribution in [2.75, 3.05) is 33.3 Å². The molecular weight excluding hydrogens is 344 g/mol. The summed E-state index contributed by atoms with van der Waals surface area (Å²) in [4.78, 5) is 27.7. The van der Waals surface area contributed by atoms with Crippen LogP contribution in [0.4, 0.5) is 0 Å². The fraction of sp³-hybridized carbons (Fsp3) is 0.524. The van der Waals surface area contributed by atoms with Crippen molar-refractivity contribution in [3.63, 3.8) is 0 Å². The Balaban J connectivity index is 2.08. The molecule has 27 heavy (non-hydrogen) atoms. The minimum atomic E-state index is -0.0554. The molecule has 1 aromatic rings. The normalized spacial score (nSPS) is 14.6. The molecule has 1 aromatic carbocycles. The van der Waals surface area contributed by atoms with E-state index in [0.717, 1.165) is 18.4 Å². The summed E-state index contributed by atoms with van der Waals surface area (Å²) in [7, 11) is 1.57. The Morgan fingerprint density at radius 2 is 1.89 bits per heavy atom. The van der Waals surface area contributed by atoms with Gasteiger partial charge in [0.05, 0.1) is 7.11 Å². The van der Waals surface area contributed by atoms with Crippen LogP contribution in [0.5, 0.6) is 11.5 Å². The summed E-state index contributed by atoms with van der Waals surface area (Å²) >= 11 is 0. The van der Waals surface area contributed by atoms with Gasteiger partial charge in [0.25, 0.3) is 5.91 Å². The van der Waals surface area contributed by atoms with Gasteiger partial charge in [-0.2, -0.15) is 0 Å². The summed E-state index contributed by atoms with van der Waals surface area (Å²) in [6.07, 6.45) is 1.60. The first kappa shape index (κ1) is 20.8. The van der Waals surface area contributed by atoms with Crippen LogP contribution in [0.15, 0.2) is 30.4 Å². The fourth-order valence-corrected chi connectivity index (χ4v) is 3.20. The first-order valence-corrected chi connectivity index (χ1v) is 9.39. The maximum absolute atomic E-state index is 12.7. The second kappa shape index (κ2) is 9.44. The highest BCUT2D eigenvalue weighted by Gasteiger charge is 2.23. The van der Waals surface area contributed by atoms with Gasteiger partial charge in [0.1, 0.15) is 6.10 Å². The zero-order valence-electron chi connectivity index (χ0n) is 16.8. The van der Waals surface area contributed by atoms with Gasteiger partial charge < -0.3 is 19.3 Å². The van der Waals surface area contributed by atoms with E-state index in [0.29, 0.717) is 43.2 Å². The van der Waals surface area contributed by atoms with Gasteiger partial charge >= 0.3 is 0 Å². The highest BCUT2D eigenvalue weighted by atomic mass is 16.5. The molecule has 0 atom stereocenters. The van der Waals surface area contributed by atoms with E-state index >= 15 is 0 Å². The number of ether oxygens (including phenoxy) is 2. The molecule has 1 aliphatic rings. The second-order valence-corrected chi connectivity index (χ2v) is 6.97. The van der Waals surface area contributed by atoms with Crippen LogP contribution in [0.3, 0.4) is 0 Å². The lowest BCUT2D eigenvalue weighted by Gasteiger charge is -2.31. The van der Waals surface area contributed by atoms with Crippen molar-refractivity contribution in [3.8, 4) is 11.5 Å². The minimum Gasteiger partial charge on any atom is -0.493 e. The Labute approximate surface area is 161 Å². The molecule has 6 heteroatoms. The Morgan fingerprint density at radius 1 is 1.22 bits per heavy atom. The molecule has 0 spiro atoms. The second-order valence-electron chi connectivity index (χ2n) is 6.97. The van der Waals surface area contributed by atoms with E-state index in [1.807, 2.05) is 18.7 Å². The lowest BCUT2D eigenvalue weighted by atomic mass is 10.1. The van der Waals surface area contributed by atoms with Gasteiger partial charge in [0, 0.05) is 51.5 Å². The van der Waals surface area contributed by atoms with Crippen LogP contribution in [-0.2, 0) is 4.79 Å². The summed E-state index contributed by atoms with van der Waals surface area (Å²) in [6, 6.07) is 5.29. The number of nitrogens with zero attached hydrogens (tertiary/aromatic N) is 2. The van der Waals surface area contributed by atoms with Gasteiger partial charge in [-0.05, 0) is 32.0 Å². The lowest BCUT2D eigenvalue weighted by Crippen LogP contribution is -2.40. The van der Waals surface area contributed by atoms with Crippen LogP contribution >= 0.6 is 0 Å². The van der Waals surface area contributed by atoms with Crippen molar-refractivity contribution >= 4 is 11.8 Å². The third-order valence-corrected chi connectivity index (χ3v) is 4.72. The molecular formula is C21H30N2O4. The van der Waals surface area contributed by atoms with Crippen LogP contribution in [0.25, 0.3) is 0 Å². The number of hydrogen-bond donors (Lipinski definition) is 0. The number of hydrogen-bond acceptors (Lipinski definition) is 4. The van der Waals surface area contributed by atoms with Crippen LogP contribution in [0.2, 0.25) is 0 Å². The number of methoxy groups -OCH3 is 1. The van der Waals surface area contributed by atoms with E-state index in [1.165, 1.54) is 0 Å². The van der Waals surface area contributed by atoms with Crippen LogP contribution in [0.1, 0.15) is 44.0 Å². The highest BCUT2D eigenvalue weighted by Crippen LogP contribution is 2.31. The molecule has 0 N–H and O–H groups in total. The first-order valence-electron chi connectivity index (χ1n) is 9.39. The smallest absolute Gasteiger partial charge is 0.254 e.